The van der Waals surface area contributed by atoms with Crippen LogP contribution in [0.5, 0.6) is 0 Å². The highest BCUT2D eigenvalue weighted by atomic mass is 32.1. The lowest BCUT2D eigenvalue weighted by atomic mass is 10.1. The number of anilines is 1. The van der Waals surface area contributed by atoms with Crippen LogP contribution in [0.15, 0.2) is 41.1 Å². The summed E-state index contributed by atoms with van der Waals surface area (Å²) in [6.07, 6.45) is 0. The van der Waals surface area contributed by atoms with Gasteiger partial charge < -0.3 is 10.6 Å². The van der Waals surface area contributed by atoms with Crippen LogP contribution in [-0.2, 0) is 11.3 Å². The normalized spacial score (nSPS) is 10.4. The second kappa shape index (κ2) is 7.04. The maximum atomic E-state index is 11.8. The molecule has 110 valence electrons. The van der Waals surface area contributed by atoms with E-state index in [1.54, 1.807) is 6.07 Å². The first-order valence-corrected chi connectivity index (χ1v) is 7.70. The number of carbonyl (C=O) groups excluding carboxylic acids is 2. The van der Waals surface area contributed by atoms with Gasteiger partial charge in [0.25, 0.3) is 5.91 Å². The molecule has 0 saturated heterocycles. The number of rotatable bonds is 5. The first kappa shape index (κ1) is 15.3. The molecule has 2 rings (SSSR count). The van der Waals surface area contributed by atoms with Crippen molar-refractivity contribution in [3.8, 4) is 0 Å². The van der Waals surface area contributed by atoms with Crippen molar-refractivity contribution in [1.82, 2.24) is 5.32 Å². The van der Waals surface area contributed by atoms with Gasteiger partial charge in [0.1, 0.15) is 0 Å². The van der Waals surface area contributed by atoms with Gasteiger partial charge in [-0.15, -0.1) is 0 Å². The van der Waals surface area contributed by atoms with Crippen molar-refractivity contribution in [3.63, 3.8) is 0 Å². The van der Waals surface area contributed by atoms with E-state index in [0.717, 1.165) is 11.3 Å². The van der Waals surface area contributed by atoms with Gasteiger partial charge in [0.15, 0.2) is 0 Å². The lowest BCUT2D eigenvalue weighted by molar-refractivity contribution is -0.118. The fraction of sp³-hybridized carbons (Fsp3) is 0.250. The third-order valence-corrected chi connectivity index (χ3v) is 3.67. The van der Waals surface area contributed by atoms with E-state index in [4.69, 9.17) is 0 Å². The number of benzene rings is 1. The molecule has 2 aromatic rings. The fourth-order valence-corrected chi connectivity index (χ4v) is 2.31. The molecule has 0 unspecified atom stereocenters. The molecule has 5 heteroatoms. The summed E-state index contributed by atoms with van der Waals surface area (Å²) >= 11 is 1.50. The van der Waals surface area contributed by atoms with Crippen LogP contribution in [0.4, 0.5) is 5.69 Å². The first-order chi connectivity index (χ1) is 10.1. The Labute approximate surface area is 128 Å². The molecule has 0 bridgehead atoms. The largest absolute Gasteiger partial charge is 0.348 e. The number of carbonyl (C=O) groups is 2. The van der Waals surface area contributed by atoms with E-state index in [9.17, 15) is 9.59 Å². The standard InChI is InChI=1S/C16H18N2O2S/c1-11(2)15(19)18-14-5-3-12(4-6-14)9-17-16(20)13-7-8-21-10-13/h3-8,10-11H,9H2,1-2H3,(H,17,20)(H,18,19). The second-order valence-electron chi connectivity index (χ2n) is 5.04. The Balaban J connectivity index is 1.88. The molecular weight excluding hydrogens is 284 g/mol. The molecule has 21 heavy (non-hydrogen) atoms. The topological polar surface area (TPSA) is 58.2 Å². The molecule has 0 radical (unpaired) electrons. The minimum Gasteiger partial charge on any atom is -0.348 e. The lowest BCUT2D eigenvalue weighted by Gasteiger charge is -2.09. The van der Waals surface area contributed by atoms with E-state index in [1.165, 1.54) is 11.3 Å². The van der Waals surface area contributed by atoms with Gasteiger partial charge in [-0.3, -0.25) is 9.59 Å². The molecule has 2 amide bonds. The Kier molecular flexibility index (Phi) is 5.11. The Morgan fingerprint density at radius 2 is 1.86 bits per heavy atom. The summed E-state index contributed by atoms with van der Waals surface area (Å²) < 4.78 is 0. The zero-order valence-corrected chi connectivity index (χ0v) is 12.9. The quantitative estimate of drug-likeness (QED) is 0.890. The maximum Gasteiger partial charge on any atom is 0.252 e. The van der Waals surface area contributed by atoms with Gasteiger partial charge in [-0.25, -0.2) is 0 Å². The molecule has 0 spiro atoms. The van der Waals surface area contributed by atoms with E-state index in [2.05, 4.69) is 10.6 Å². The van der Waals surface area contributed by atoms with Crippen molar-refractivity contribution in [2.45, 2.75) is 20.4 Å². The first-order valence-electron chi connectivity index (χ1n) is 6.76. The van der Waals surface area contributed by atoms with Crippen molar-refractivity contribution >= 4 is 28.8 Å². The molecule has 2 N–H and O–H groups in total. The van der Waals surface area contributed by atoms with Crippen LogP contribution in [0, 0.1) is 5.92 Å². The van der Waals surface area contributed by atoms with Gasteiger partial charge in [0.2, 0.25) is 5.91 Å². The van der Waals surface area contributed by atoms with Crippen LogP contribution < -0.4 is 10.6 Å². The SMILES string of the molecule is CC(C)C(=O)Nc1ccc(CNC(=O)c2ccsc2)cc1. The molecule has 4 nitrogen and oxygen atoms in total. The van der Waals surface area contributed by atoms with Gasteiger partial charge in [-0.2, -0.15) is 11.3 Å². The molecule has 0 saturated carbocycles. The van der Waals surface area contributed by atoms with Gasteiger partial charge in [-0.05, 0) is 29.1 Å². The summed E-state index contributed by atoms with van der Waals surface area (Å²) in [5, 5.41) is 9.39. The van der Waals surface area contributed by atoms with E-state index < -0.39 is 0 Å². The smallest absolute Gasteiger partial charge is 0.252 e. The second-order valence-corrected chi connectivity index (χ2v) is 5.82. The van der Waals surface area contributed by atoms with Crippen molar-refractivity contribution in [2.24, 2.45) is 5.92 Å². The Morgan fingerprint density at radius 3 is 2.43 bits per heavy atom. The van der Waals surface area contributed by atoms with Gasteiger partial charge in [0, 0.05) is 29.1 Å². The number of nitrogens with one attached hydrogen (secondary N) is 2. The monoisotopic (exact) mass is 302 g/mol. The van der Waals surface area contributed by atoms with Crippen LogP contribution in [-0.4, -0.2) is 11.8 Å². The summed E-state index contributed by atoms with van der Waals surface area (Å²) in [6.45, 7) is 4.17. The third-order valence-electron chi connectivity index (χ3n) is 2.98. The molecule has 1 heterocycles. The molecule has 0 aliphatic rings. The summed E-state index contributed by atoms with van der Waals surface area (Å²) in [5.74, 6) is -0.128. The molecular formula is C16H18N2O2S. The van der Waals surface area contributed by atoms with E-state index in [0.29, 0.717) is 12.1 Å². The number of amides is 2. The van der Waals surface area contributed by atoms with E-state index >= 15 is 0 Å². The average Bonchev–Trinajstić information content (AvgIpc) is 3.00. The fourth-order valence-electron chi connectivity index (χ4n) is 1.67. The van der Waals surface area contributed by atoms with Crippen molar-refractivity contribution < 1.29 is 9.59 Å². The van der Waals surface area contributed by atoms with E-state index in [-0.39, 0.29) is 17.7 Å². The number of hydrogen-bond acceptors (Lipinski definition) is 3. The average molecular weight is 302 g/mol. The van der Waals surface area contributed by atoms with Crippen LogP contribution in [0.2, 0.25) is 0 Å². The van der Waals surface area contributed by atoms with Gasteiger partial charge in [0.05, 0.1) is 0 Å². The van der Waals surface area contributed by atoms with E-state index in [1.807, 2.05) is 48.9 Å². The van der Waals surface area contributed by atoms with Crippen LogP contribution >= 0.6 is 11.3 Å². The molecule has 0 fully saturated rings. The highest BCUT2D eigenvalue weighted by Crippen LogP contribution is 2.11. The Bertz CT molecular complexity index is 604. The third kappa shape index (κ3) is 4.43. The lowest BCUT2D eigenvalue weighted by Crippen LogP contribution is -2.22. The minimum absolute atomic E-state index is 0.00601. The zero-order valence-electron chi connectivity index (χ0n) is 12.1. The van der Waals surface area contributed by atoms with Crippen molar-refractivity contribution in [2.75, 3.05) is 5.32 Å². The summed E-state index contributed by atoms with van der Waals surface area (Å²) in [4.78, 5) is 23.4. The van der Waals surface area contributed by atoms with Crippen LogP contribution in [0.25, 0.3) is 0 Å². The highest BCUT2D eigenvalue weighted by Gasteiger charge is 2.07. The van der Waals surface area contributed by atoms with Gasteiger partial charge in [-0.1, -0.05) is 26.0 Å². The van der Waals surface area contributed by atoms with Crippen molar-refractivity contribution in [3.05, 3.63) is 52.2 Å². The number of thiophene rings is 1. The van der Waals surface area contributed by atoms with Gasteiger partial charge >= 0.3 is 0 Å². The van der Waals surface area contributed by atoms with Crippen molar-refractivity contribution in [1.29, 1.82) is 0 Å². The van der Waals surface area contributed by atoms with Crippen LogP contribution in [0.1, 0.15) is 29.8 Å². The Morgan fingerprint density at radius 1 is 1.14 bits per heavy atom. The zero-order chi connectivity index (χ0) is 15.2. The molecule has 1 aromatic carbocycles. The molecule has 0 aliphatic carbocycles. The number of hydrogen-bond donors (Lipinski definition) is 2. The summed E-state index contributed by atoms with van der Waals surface area (Å²) in [6, 6.07) is 9.26. The summed E-state index contributed by atoms with van der Waals surface area (Å²) in [7, 11) is 0. The predicted octanol–water partition coefficient (Wildman–Crippen LogP) is 3.27. The molecule has 0 aliphatic heterocycles. The predicted molar refractivity (Wildman–Crippen MR) is 85.4 cm³/mol. The maximum absolute atomic E-state index is 11.8. The highest BCUT2D eigenvalue weighted by molar-refractivity contribution is 7.08. The Hall–Kier alpha value is -2.14. The summed E-state index contributed by atoms with van der Waals surface area (Å²) in [5.41, 5.74) is 2.43. The minimum atomic E-state index is -0.0755. The van der Waals surface area contributed by atoms with Crippen LogP contribution in [0.3, 0.4) is 0 Å². The molecule has 0 atom stereocenters. The molecule has 1 aromatic heterocycles.